The van der Waals surface area contributed by atoms with Crippen molar-refractivity contribution >= 4 is 16.9 Å². The largest absolute Gasteiger partial charge is 0.488 e. The Morgan fingerprint density at radius 3 is 2.81 bits per heavy atom. The van der Waals surface area contributed by atoms with Crippen LogP contribution in [0, 0.1) is 0 Å². The van der Waals surface area contributed by atoms with Gasteiger partial charge in [-0.25, -0.2) is 4.98 Å². The van der Waals surface area contributed by atoms with E-state index in [1.807, 2.05) is 43.4 Å². The Balaban J connectivity index is 1.37. The van der Waals surface area contributed by atoms with Crippen molar-refractivity contribution in [2.45, 2.75) is 38.8 Å². The van der Waals surface area contributed by atoms with E-state index in [1.165, 1.54) is 5.56 Å². The van der Waals surface area contributed by atoms with E-state index in [1.54, 1.807) is 4.90 Å². The van der Waals surface area contributed by atoms with Gasteiger partial charge in [0.15, 0.2) is 0 Å². The molecule has 140 valence electrons. The molecule has 1 aromatic heterocycles. The van der Waals surface area contributed by atoms with Gasteiger partial charge in [0.2, 0.25) is 5.91 Å². The summed E-state index contributed by atoms with van der Waals surface area (Å²) in [5, 5.41) is 0. The monoisotopic (exact) mass is 363 g/mol. The van der Waals surface area contributed by atoms with Crippen LogP contribution in [-0.4, -0.2) is 40.1 Å². The van der Waals surface area contributed by atoms with Crippen LogP contribution in [0.1, 0.15) is 24.7 Å². The summed E-state index contributed by atoms with van der Waals surface area (Å²) in [7, 11) is 1.86. The second-order valence-corrected chi connectivity index (χ2v) is 7.10. The zero-order valence-corrected chi connectivity index (χ0v) is 15.9. The molecule has 27 heavy (non-hydrogen) atoms. The van der Waals surface area contributed by atoms with Crippen molar-refractivity contribution in [2.24, 2.45) is 0 Å². The number of carbonyl (C=O) groups is 1. The van der Waals surface area contributed by atoms with Crippen LogP contribution in [0.3, 0.4) is 0 Å². The average Bonchev–Trinajstić information content (AvgIpc) is 3.26. The van der Waals surface area contributed by atoms with E-state index in [-0.39, 0.29) is 12.0 Å². The van der Waals surface area contributed by atoms with Crippen LogP contribution in [0.5, 0.6) is 5.75 Å². The third-order valence-electron chi connectivity index (χ3n) is 5.22. The molecule has 0 fully saturated rings. The lowest BCUT2D eigenvalue weighted by molar-refractivity contribution is -0.131. The molecule has 0 unspecified atom stereocenters. The predicted molar refractivity (Wildman–Crippen MR) is 106 cm³/mol. The summed E-state index contributed by atoms with van der Waals surface area (Å²) < 4.78 is 8.13. The number of imidazole rings is 1. The summed E-state index contributed by atoms with van der Waals surface area (Å²) in [6.45, 7) is 3.36. The van der Waals surface area contributed by atoms with Gasteiger partial charge in [-0.15, -0.1) is 0 Å². The molecule has 4 rings (SSSR count). The minimum Gasteiger partial charge on any atom is -0.488 e. The minimum absolute atomic E-state index is 0.0385. The molecular weight excluding hydrogens is 338 g/mol. The molecule has 2 heterocycles. The number of rotatable bonds is 6. The number of aryl methyl sites for hydroxylation is 2. The molecule has 1 amide bonds. The van der Waals surface area contributed by atoms with Gasteiger partial charge in [0.05, 0.1) is 17.6 Å². The Morgan fingerprint density at radius 2 is 2.00 bits per heavy atom. The topological polar surface area (TPSA) is 47.4 Å². The number of aromatic nitrogens is 2. The number of benzene rings is 2. The first kappa shape index (κ1) is 17.6. The number of likely N-dealkylation sites (N-methyl/N-ethyl adjacent to an activating group) is 1. The summed E-state index contributed by atoms with van der Waals surface area (Å²) >= 11 is 0. The number of nitrogens with zero attached hydrogens (tertiary/aromatic N) is 3. The molecular formula is C22H25N3O2. The van der Waals surface area contributed by atoms with Crippen LogP contribution < -0.4 is 4.74 Å². The molecule has 1 aliphatic rings. The lowest BCUT2D eigenvalue weighted by Crippen LogP contribution is -2.36. The Labute approximate surface area is 159 Å². The standard InChI is InChI=1S/C22H25N3O2/c1-3-21-23-18-9-5-6-10-19(18)25(21)13-12-22(26)24(2)15-17-14-16-8-4-7-11-20(16)27-17/h4-11,17H,3,12-15H2,1-2H3/t17-/m1/s1. The molecule has 3 aromatic rings. The number of ether oxygens (including phenoxy) is 1. The van der Waals surface area contributed by atoms with Crippen molar-refractivity contribution < 1.29 is 9.53 Å². The normalized spacial score (nSPS) is 15.6. The highest BCUT2D eigenvalue weighted by Gasteiger charge is 2.25. The van der Waals surface area contributed by atoms with Crippen LogP contribution in [-0.2, 0) is 24.2 Å². The van der Waals surface area contributed by atoms with Gasteiger partial charge in [-0.1, -0.05) is 37.3 Å². The molecule has 1 aliphatic heterocycles. The van der Waals surface area contributed by atoms with Crippen molar-refractivity contribution in [1.82, 2.24) is 14.5 Å². The Hall–Kier alpha value is -2.82. The smallest absolute Gasteiger partial charge is 0.224 e. The van der Waals surface area contributed by atoms with E-state index in [4.69, 9.17) is 4.74 Å². The van der Waals surface area contributed by atoms with Crippen molar-refractivity contribution in [2.75, 3.05) is 13.6 Å². The number of fused-ring (bicyclic) bond motifs is 2. The van der Waals surface area contributed by atoms with Gasteiger partial charge < -0.3 is 14.2 Å². The van der Waals surface area contributed by atoms with E-state index < -0.39 is 0 Å². The summed E-state index contributed by atoms with van der Waals surface area (Å²) in [5.74, 6) is 2.11. The third-order valence-corrected chi connectivity index (χ3v) is 5.22. The van der Waals surface area contributed by atoms with Crippen LogP contribution in [0.2, 0.25) is 0 Å². The first-order valence-electron chi connectivity index (χ1n) is 9.58. The van der Waals surface area contributed by atoms with Gasteiger partial charge in [-0.2, -0.15) is 0 Å². The van der Waals surface area contributed by atoms with Gasteiger partial charge >= 0.3 is 0 Å². The molecule has 0 saturated heterocycles. The summed E-state index contributed by atoms with van der Waals surface area (Å²) in [4.78, 5) is 19.1. The van der Waals surface area contributed by atoms with E-state index in [0.29, 0.717) is 19.5 Å². The second kappa shape index (κ2) is 7.43. The Bertz CT molecular complexity index is 938. The van der Waals surface area contributed by atoms with Crippen molar-refractivity contribution in [3.05, 3.63) is 59.9 Å². The molecule has 0 saturated carbocycles. The molecule has 0 aliphatic carbocycles. The molecule has 5 heteroatoms. The maximum Gasteiger partial charge on any atom is 0.224 e. The maximum atomic E-state index is 12.7. The van der Waals surface area contributed by atoms with Gasteiger partial charge in [-0.3, -0.25) is 4.79 Å². The van der Waals surface area contributed by atoms with Gasteiger partial charge in [0, 0.05) is 32.9 Å². The zero-order valence-electron chi connectivity index (χ0n) is 15.9. The SMILES string of the molecule is CCc1nc2ccccc2n1CCC(=O)N(C)C[C@H]1Cc2ccccc2O1. The number of hydrogen-bond acceptors (Lipinski definition) is 3. The van der Waals surface area contributed by atoms with Crippen LogP contribution in [0.15, 0.2) is 48.5 Å². The van der Waals surface area contributed by atoms with Crippen molar-refractivity contribution in [3.63, 3.8) is 0 Å². The molecule has 0 N–H and O–H groups in total. The minimum atomic E-state index is 0.0385. The maximum absolute atomic E-state index is 12.7. The Kier molecular flexibility index (Phi) is 4.84. The highest BCUT2D eigenvalue weighted by atomic mass is 16.5. The Morgan fingerprint density at radius 1 is 1.22 bits per heavy atom. The fourth-order valence-electron chi connectivity index (χ4n) is 3.81. The average molecular weight is 363 g/mol. The van der Waals surface area contributed by atoms with Crippen LogP contribution in [0.4, 0.5) is 0 Å². The van der Waals surface area contributed by atoms with Crippen LogP contribution >= 0.6 is 0 Å². The molecule has 1 atom stereocenters. The van der Waals surface area contributed by atoms with E-state index >= 15 is 0 Å². The predicted octanol–water partition coefficient (Wildman–Crippen LogP) is 3.45. The molecule has 0 bridgehead atoms. The number of amides is 1. The van der Waals surface area contributed by atoms with Crippen LogP contribution in [0.25, 0.3) is 11.0 Å². The lowest BCUT2D eigenvalue weighted by Gasteiger charge is -2.21. The summed E-state index contributed by atoms with van der Waals surface area (Å²) in [6.07, 6.45) is 2.22. The van der Waals surface area contributed by atoms with Crippen molar-refractivity contribution in [3.8, 4) is 5.75 Å². The summed E-state index contributed by atoms with van der Waals surface area (Å²) in [6, 6.07) is 16.2. The van der Waals surface area contributed by atoms with Crippen molar-refractivity contribution in [1.29, 1.82) is 0 Å². The third kappa shape index (κ3) is 3.54. The van der Waals surface area contributed by atoms with Gasteiger partial charge in [0.1, 0.15) is 17.7 Å². The first-order valence-corrected chi connectivity index (χ1v) is 9.58. The molecule has 5 nitrogen and oxygen atoms in total. The fourth-order valence-corrected chi connectivity index (χ4v) is 3.81. The highest BCUT2D eigenvalue weighted by molar-refractivity contribution is 5.78. The summed E-state index contributed by atoms with van der Waals surface area (Å²) in [5.41, 5.74) is 3.31. The van der Waals surface area contributed by atoms with Gasteiger partial charge in [-0.05, 0) is 23.8 Å². The van der Waals surface area contributed by atoms with Gasteiger partial charge in [0.25, 0.3) is 0 Å². The molecule has 0 radical (unpaired) electrons. The highest BCUT2D eigenvalue weighted by Crippen LogP contribution is 2.28. The van der Waals surface area contributed by atoms with E-state index in [0.717, 1.165) is 35.4 Å². The first-order chi connectivity index (χ1) is 13.2. The zero-order chi connectivity index (χ0) is 18.8. The fraction of sp³-hybridized carbons (Fsp3) is 0.364. The molecule has 0 spiro atoms. The number of para-hydroxylation sites is 3. The molecule has 2 aromatic carbocycles. The van der Waals surface area contributed by atoms with E-state index in [9.17, 15) is 4.79 Å². The van der Waals surface area contributed by atoms with E-state index in [2.05, 4.69) is 28.6 Å². The second-order valence-electron chi connectivity index (χ2n) is 7.10. The number of carbonyl (C=O) groups excluding carboxylic acids is 1. The quantitative estimate of drug-likeness (QED) is 0.674. The number of hydrogen-bond donors (Lipinski definition) is 0. The lowest BCUT2D eigenvalue weighted by atomic mass is 10.1.